The van der Waals surface area contributed by atoms with Crippen LogP contribution in [-0.2, 0) is 14.8 Å². The molecule has 1 aromatic rings. The Morgan fingerprint density at radius 1 is 1.17 bits per heavy atom. The number of sulfonamides is 1. The molecule has 3 aliphatic heterocycles. The minimum Gasteiger partial charge on any atom is -0.378 e. The van der Waals surface area contributed by atoms with E-state index in [9.17, 15) is 18.0 Å². The molecule has 0 unspecified atom stereocenters. The number of likely N-dealkylation sites (tertiary alicyclic amines) is 1. The second-order valence-electron chi connectivity index (χ2n) is 10.2. The molecule has 1 aromatic carbocycles. The standard InChI is InChI=1S/C24H37N5O5S/c1-18(2)15-34-20-6-10-28(11-7-20)35(32,33)21-5-3-4-19(14-21)22(30)27-12-8-24(9-13-27)16-26-17-29(24)23(25)31/h3-5,14,18,20,26H,6-13,15-17H2,1-2H3,(H2,25,31). The second-order valence-corrected chi connectivity index (χ2v) is 12.2. The summed E-state index contributed by atoms with van der Waals surface area (Å²) in [5.74, 6) is 0.244. The van der Waals surface area contributed by atoms with Gasteiger partial charge < -0.3 is 20.3 Å². The van der Waals surface area contributed by atoms with E-state index in [4.69, 9.17) is 10.5 Å². The third kappa shape index (κ3) is 5.47. The first-order valence-corrected chi connectivity index (χ1v) is 13.9. The molecule has 3 aliphatic rings. The molecule has 0 aromatic heterocycles. The lowest BCUT2D eigenvalue weighted by Crippen LogP contribution is -2.57. The van der Waals surface area contributed by atoms with Crippen LogP contribution < -0.4 is 11.1 Å². The highest BCUT2D eigenvalue weighted by molar-refractivity contribution is 7.89. The van der Waals surface area contributed by atoms with Crippen LogP contribution in [0.4, 0.5) is 4.79 Å². The maximum atomic E-state index is 13.3. The lowest BCUT2D eigenvalue weighted by atomic mass is 9.87. The summed E-state index contributed by atoms with van der Waals surface area (Å²) < 4.78 is 33.9. The zero-order valence-corrected chi connectivity index (χ0v) is 21.4. The van der Waals surface area contributed by atoms with Gasteiger partial charge >= 0.3 is 6.03 Å². The Kier molecular flexibility index (Phi) is 7.70. The minimum atomic E-state index is -3.70. The second kappa shape index (κ2) is 10.4. The van der Waals surface area contributed by atoms with E-state index < -0.39 is 16.1 Å². The van der Waals surface area contributed by atoms with E-state index in [1.165, 1.54) is 10.4 Å². The van der Waals surface area contributed by atoms with E-state index in [0.717, 1.165) is 0 Å². The van der Waals surface area contributed by atoms with Crippen molar-refractivity contribution < 1.29 is 22.7 Å². The fourth-order valence-corrected chi connectivity index (χ4v) is 6.75. The summed E-state index contributed by atoms with van der Waals surface area (Å²) >= 11 is 0. The summed E-state index contributed by atoms with van der Waals surface area (Å²) in [6.07, 6.45) is 2.66. The topological polar surface area (TPSA) is 125 Å². The van der Waals surface area contributed by atoms with E-state index in [1.54, 1.807) is 28.0 Å². The zero-order valence-electron chi connectivity index (χ0n) is 20.6. The number of primary amides is 1. The van der Waals surface area contributed by atoms with Gasteiger partial charge in [0.25, 0.3) is 5.91 Å². The molecule has 194 valence electrons. The van der Waals surface area contributed by atoms with Crippen LogP contribution in [-0.4, -0.2) is 92.1 Å². The Bertz CT molecular complexity index is 1030. The van der Waals surface area contributed by atoms with Gasteiger partial charge in [0.2, 0.25) is 10.0 Å². The summed E-state index contributed by atoms with van der Waals surface area (Å²) in [5.41, 5.74) is 5.53. The summed E-state index contributed by atoms with van der Waals surface area (Å²) in [6, 6.07) is 5.86. The highest BCUT2D eigenvalue weighted by Gasteiger charge is 2.45. The molecule has 3 N–H and O–H groups in total. The van der Waals surface area contributed by atoms with Gasteiger partial charge in [-0.1, -0.05) is 19.9 Å². The molecule has 3 fully saturated rings. The minimum absolute atomic E-state index is 0.0831. The molecule has 1 spiro atoms. The van der Waals surface area contributed by atoms with Crippen LogP contribution in [0.5, 0.6) is 0 Å². The van der Waals surface area contributed by atoms with Gasteiger partial charge in [-0.15, -0.1) is 0 Å². The van der Waals surface area contributed by atoms with Crippen molar-refractivity contribution >= 4 is 22.0 Å². The lowest BCUT2D eigenvalue weighted by molar-refractivity contribution is 0.00748. The predicted octanol–water partition coefficient (Wildman–Crippen LogP) is 1.43. The summed E-state index contributed by atoms with van der Waals surface area (Å²) in [7, 11) is -3.70. The Balaban J connectivity index is 1.39. The molecule has 4 rings (SSSR count). The quantitative estimate of drug-likeness (QED) is 0.600. The first-order valence-electron chi connectivity index (χ1n) is 12.4. The van der Waals surface area contributed by atoms with E-state index in [2.05, 4.69) is 19.2 Å². The molecule has 3 heterocycles. The number of hydrogen-bond acceptors (Lipinski definition) is 6. The van der Waals surface area contributed by atoms with Crippen molar-refractivity contribution in [2.45, 2.75) is 56.1 Å². The van der Waals surface area contributed by atoms with Crippen molar-refractivity contribution in [3.8, 4) is 0 Å². The Labute approximate surface area is 207 Å². The lowest BCUT2D eigenvalue weighted by Gasteiger charge is -2.43. The fraction of sp³-hybridized carbons (Fsp3) is 0.667. The van der Waals surface area contributed by atoms with Crippen molar-refractivity contribution in [1.82, 2.24) is 19.4 Å². The highest BCUT2D eigenvalue weighted by Crippen LogP contribution is 2.32. The molecule has 11 heteroatoms. The molecule has 10 nitrogen and oxygen atoms in total. The predicted molar refractivity (Wildman–Crippen MR) is 131 cm³/mol. The van der Waals surface area contributed by atoms with Crippen LogP contribution in [0.25, 0.3) is 0 Å². The molecular weight excluding hydrogens is 470 g/mol. The van der Waals surface area contributed by atoms with Crippen LogP contribution in [0.15, 0.2) is 29.2 Å². The molecular formula is C24H37N5O5S. The van der Waals surface area contributed by atoms with E-state index in [1.807, 2.05) is 0 Å². The van der Waals surface area contributed by atoms with Gasteiger partial charge in [0.15, 0.2) is 0 Å². The number of ether oxygens (including phenoxy) is 1. The first-order chi connectivity index (χ1) is 16.6. The molecule has 0 bridgehead atoms. The molecule has 35 heavy (non-hydrogen) atoms. The summed E-state index contributed by atoms with van der Waals surface area (Å²) in [6.45, 7) is 7.71. The number of carbonyl (C=O) groups excluding carboxylic acids is 2. The Morgan fingerprint density at radius 3 is 2.49 bits per heavy atom. The van der Waals surface area contributed by atoms with Crippen molar-refractivity contribution in [2.24, 2.45) is 11.7 Å². The summed E-state index contributed by atoms with van der Waals surface area (Å²) in [5, 5.41) is 3.20. The number of rotatable bonds is 6. The van der Waals surface area contributed by atoms with Crippen molar-refractivity contribution in [1.29, 1.82) is 0 Å². The monoisotopic (exact) mass is 507 g/mol. The van der Waals surface area contributed by atoms with Crippen molar-refractivity contribution in [2.75, 3.05) is 46.0 Å². The number of amides is 3. The van der Waals surface area contributed by atoms with Gasteiger partial charge in [-0.2, -0.15) is 4.31 Å². The van der Waals surface area contributed by atoms with Gasteiger partial charge in [-0.05, 0) is 49.8 Å². The van der Waals surface area contributed by atoms with E-state index in [0.29, 0.717) is 83.2 Å². The Morgan fingerprint density at radius 2 is 1.86 bits per heavy atom. The van der Waals surface area contributed by atoms with Crippen LogP contribution in [0.1, 0.15) is 49.9 Å². The number of carbonyl (C=O) groups is 2. The number of piperidine rings is 2. The van der Waals surface area contributed by atoms with Crippen LogP contribution in [0, 0.1) is 5.92 Å². The number of urea groups is 1. The number of hydrogen-bond donors (Lipinski definition) is 2. The average Bonchev–Trinajstić information content (AvgIpc) is 3.26. The molecule has 0 saturated carbocycles. The van der Waals surface area contributed by atoms with Crippen molar-refractivity contribution in [3.63, 3.8) is 0 Å². The van der Waals surface area contributed by atoms with Gasteiger partial charge in [0, 0.05) is 44.9 Å². The van der Waals surface area contributed by atoms with Crippen LogP contribution >= 0.6 is 0 Å². The number of nitrogens with two attached hydrogens (primary N) is 1. The van der Waals surface area contributed by atoms with Crippen molar-refractivity contribution in [3.05, 3.63) is 29.8 Å². The Hall–Kier alpha value is -2.21. The SMILES string of the molecule is CC(C)COC1CCN(S(=O)(=O)c2cccc(C(=O)N3CCC4(CC3)CNCN4C(N)=O)c2)CC1. The third-order valence-corrected chi connectivity index (χ3v) is 9.22. The first kappa shape index (κ1) is 25.9. The largest absolute Gasteiger partial charge is 0.378 e. The third-order valence-electron chi connectivity index (χ3n) is 7.33. The molecule has 0 atom stereocenters. The highest BCUT2D eigenvalue weighted by atomic mass is 32.2. The van der Waals surface area contributed by atoms with Crippen LogP contribution in [0.3, 0.4) is 0 Å². The molecule has 3 amide bonds. The zero-order chi connectivity index (χ0) is 25.2. The maximum absolute atomic E-state index is 13.3. The maximum Gasteiger partial charge on any atom is 0.316 e. The van der Waals surface area contributed by atoms with Gasteiger partial charge in [0.05, 0.1) is 23.2 Å². The van der Waals surface area contributed by atoms with Gasteiger partial charge in [0.1, 0.15) is 0 Å². The smallest absolute Gasteiger partial charge is 0.316 e. The van der Waals surface area contributed by atoms with E-state index >= 15 is 0 Å². The average molecular weight is 508 g/mol. The fourth-order valence-electron chi connectivity index (χ4n) is 5.24. The van der Waals surface area contributed by atoms with Gasteiger partial charge in [-0.3, -0.25) is 10.1 Å². The number of nitrogens with one attached hydrogen (secondary N) is 1. The molecule has 0 aliphatic carbocycles. The van der Waals surface area contributed by atoms with Gasteiger partial charge in [-0.25, -0.2) is 13.2 Å². The molecule has 3 saturated heterocycles. The van der Waals surface area contributed by atoms with Crippen LogP contribution in [0.2, 0.25) is 0 Å². The summed E-state index contributed by atoms with van der Waals surface area (Å²) in [4.78, 5) is 28.6. The van der Waals surface area contributed by atoms with E-state index in [-0.39, 0.29) is 22.4 Å². The number of benzene rings is 1. The normalized spacial score (nSPS) is 21.7. The number of nitrogens with zero attached hydrogens (tertiary/aromatic N) is 3. The molecule has 0 radical (unpaired) electrons.